The van der Waals surface area contributed by atoms with E-state index in [2.05, 4.69) is 5.32 Å². The number of amides is 1. The molecule has 2 aromatic carbocycles. The maximum Gasteiger partial charge on any atom is 0.227 e. The molecule has 0 saturated heterocycles. The smallest absolute Gasteiger partial charge is 0.227 e. The van der Waals surface area contributed by atoms with Crippen molar-refractivity contribution in [1.82, 2.24) is 5.32 Å². The van der Waals surface area contributed by atoms with Crippen molar-refractivity contribution in [1.29, 1.82) is 0 Å². The monoisotopic (exact) mass is 329 g/mol. The molecule has 0 saturated carbocycles. The number of carbonyl (C=O) groups excluding carboxylic acids is 1. The van der Waals surface area contributed by atoms with E-state index in [1.54, 1.807) is 25.1 Å². The number of halogens is 1. The van der Waals surface area contributed by atoms with Crippen LogP contribution in [0.4, 0.5) is 4.39 Å². The minimum atomic E-state index is -0.921. The largest absolute Gasteiger partial charge is 0.372 e. The Hall–Kier alpha value is -2.20. The molecule has 0 aliphatic rings. The van der Waals surface area contributed by atoms with Gasteiger partial charge in [0.05, 0.1) is 12.5 Å². The highest BCUT2D eigenvalue weighted by molar-refractivity contribution is 5.83. The maximum absolute atomic E-state index is 14.1. The fourth-order valence-electron chi connectivity index (χ4n) is 2.80. The Kier molecular flexibility index (Phi) is 6.10. The molecular formula is C20H24FNO2. The third kappa shape index (κ3) is 4.01. The van der Waals surface area contributed by atoms with E-state index in [0.717, 1.165) is 5.56 Å². The Morgan fingerprint density at radius 2 is 1.79 bits per heavy atom. The minimum absolute atomic E-state index is 0.0803. The lowest BCUT2D eigenvalue weighted by Crippen LogP contribution is -2.42. The molecule has 24 heavy (non-hydrogen) atoms. The molecule has 2 atom stereocenters. The van der Waals surface area contributed by atoms with Gasteiger partial charge in [0.15, 0.2) is 0 Å². The van der Waals surface area contributed by atoms with Gasteiger partial charge in [0.2, 0.25) is 5.91 Å². The highest BCUT2D eigenvalue weighted by Gasteiger charge is 2.30. The fraction of sp³-hybridized carbons (Fsp3) is 0.350. The molecular weight excluding hydrogens is 305 g/mol. The van der Waals surface area contributed by atoms with Crippen molar-refractivity contribution in [3.05, 3.63) is 71.5 Å². The van der Waals surface area contributed by atoms with E-state index < -0.39 is 5.60 Å². The zero-order valence-corrected chi connectivity index (χ0v) is 14.4. The molecule has 1 amide bonds. The van der Waals surface area contributed by atoms with Crippen LogP contribution in [0.1, 0.15) is 37.3 Å². The second kappa shape index (κ2) is 8.06. The molecule has 2 unspecified atom stereocenters. The van der Waals surface area contributed by atoms with Crippen molar-refractivity contribution in [2.75, 3.05) is 13.7 Å². The third-order valence-corrected chi connectivity index (χ3v) is 4.42. The average Bonchev–Trinajstić information content (AvgIpc) is 2.61. The average molecular weight is 329 g/mol. The quantitative estimate of drug-likeness (QED) is 0.834. The summed E-state index contributed by atoms with van der Waals surface area (Å²) in [4.78, 5) is 12.6. The number of nitrogens with one attached hydrogen (secondary N) is 1. The number of methoxy groups -OCH3 is 1. The van der Waals surface area contributed by atoms with Crippen molar-refractivity contribution in [3.8, 4) is 0 Å². The first-order chi connectivity index (χ1) is 11.5. The van der Waals surface area contributed by atoms with Gasteiger partial charge < -0.3 is 10.1 Å². The van der Waals surface area contributed by atoms with E-state index in [1.165, 1.54) is 13.2 Å². The molecule has 1 N–H and O–H groups in total. The number of hydrogen-bond donors (Lipinski definition) is 1. The van der Waals surface area contributed by atoms with E-state index >= 15 is 0 Å². The van der Waals surface area contributed by atoms with Crippen LogP contribution in [0.2, 0.25) is 0 Å². The molecule has 0 spiro atoms. The van der Waals surface area contributed by atoms with Crippen molar-refractivity contribution in [3.63, 3.8) is 0 Å². The standard InChI is InChI=1S/C20H24FNO2/c1-4-16(15-10-6-5-7-11-15)19(23)22-14-20(2,24-3)17-12-8-9-13-18(17)21/h5-13,16H,4,14H2,1-3H3,(H,22,23). The Labute approximate surface area is 142 Å². The number of benzene rings is 2. The van der Waals surface area contributed by atoms with E-state index in [9.17, 15) is 9.18 Å². The van der Waals surface area contributed by atoms with Gasteiger partial charge in [-0.3, -0.25) is 4.79 Å². The zero-order valence-electron chi connectivity index (χ0n) is 14.4. The highest BCUT2D eigenvalue weighted by Crippen LogP contribution is 2.27. The number of ether oxygens (including phenoxy) is 1. The van der Waals surface area contributed by atoms with E-state index in [4.69, 9.17) is 4.74 Å². The number of hydrogen-bond acceptors (Lipinski definition) is 2. The third-order valence-electron chi connectivity index (χ3n) is 4.42. The highest BCUT2D eigenvalue weighted by atomic mass is 19.1. The molecule has 2 rings (SSSR count). The Morgan fingerprint density at radius 3 is 2.38 bits per heavy atom. The SMILES string of the molecule is CCC(C(=O)NCC(C)(OC)c1ccccc1F)c1ccccc1. The van der Waals surface area contributed by atoms with Crippen LogP contribution in [0.3, 0.4) is 0 Å². The molecule has 128 valence electrons. The molecule has 4 heteroatoms. The number of carbonyl (C=O) groups is 1. The van der Waals surface area contributed by atoms with Gasteiger partial charge in [-0.05, 0) is 25.0 Å². The summed E-state index contributed by atoms with van der Waals surface area (Å²) in [5.41, 5.74) is 0.485. The molecule has 0 aliphatic heterocycles. The second-order valence-corrected chi connectivity index (χ2v) is 6.00. The van der Waals surface area contributed by atoms with Gasteiger partial charge in [0.1, 0.15) is 11.4 Å². The number of rotatable bonds is 7. The van der Waals surface area contributed by atoms with E-state index in [1.807, 2.05) is 37.3 Å². The van der Waals surface area contributed by atoms with Crippen LogP contribution in [0.25, 0.3) is 0 Å². The summed E-state index contributed by atoms with van der Waals surface area (Å²) in [6, 6.07) is 16.1. The molecule has 3 nitrogen and oxygen atoms in total. The lowest BCUT2D eigenvalue weighted by molar-refractivity contribution is -0.124. The van der Waals surface area contributed by atoms with Gasteiger partial charge in [-0.2, -0.15) is 0 Å². The van der Waals surface area contributed by atoms with E-state index in [0.29, 0.717) is 12.0 Å². The molecule has 0 fully saturated rings. The van der Waals surface area contributed by atoms with Crippen LogP contribution in [0.15, 0.2) is 54.6 Å². The van der Waals surface area contributed by atoms with Crippen LogP contribution in [0, 0.1) is 5.82 Å². The van der Waals surface area contributed by atoms with Gasteiger partial charge in [0, 0.05) is 12.7 Å². The van der Waals surface area contributed by atoms with Crippen molar-refractivity contribution >= 4 is 5.91 Å². The molecule has 0 radical (unpaired) electrons. The lowest BCUT2D eigenvalue weighted by Gasteiger charge is -2.30. The summed E-state index contributed by atoms with van der Waals surface area (Å²) < 4.78 is 19.6. The molecule has 0 aliphatic carbocycles. The van der Waals surface area contributed by atoms with E-state index in [-0.39, 0.29) is 24.2 Å². The topological polar surface area (TPSA) is 38.3 Å². The predicted octanol–water partition coefficient (Wildman–Crippen LogP) is 4.00. The summed E-state index contributed by atoms with van der Waals surface area (Å²) in [7, 11) is 1.52. The summed E-state index contributed by atoms with van der Waals surface area (Å²) in [5, 5.41) is 2.92. The van der Waals surface area contributed by atoms with Crippen molar-refractivity contribution < 1.29 is 13.9 Å². The Bertz CT molecular complexity index is 674. The molecule has 0 aromatic heterocycles. The second-order valence-electron chi connectivity index (χ2n) is 6.00. The molecule has 2 aromatic rings. The summed E-state index contributed by atoms with van der Waals surface area (Å²) in [6.07, 6.45) is 0.694. The summed E-state index contributed by atoms with van der Waals surface area (Å²) in [5.74, 6) is -0.651. The van der Waals surface area contributed by atoms with Gasteiger partial charge in [-0.1, -0.05) is 55.5 Å². The molecule has 0 heterocycles. The van der Waals surface area contributed by atoms with Crippen molar-refractivity contribution in [2.45, 2.75) is 31.8 Å². The predicted molar refractivity (Wildman–Crippen MR) is 93.2 cm³/mol. The van der Waals surface area contributed by atoms with Crippen LogP contribution < -0.4 is 5.32 Å². The van der Waals surface area contributed by atoms with Crippen LogP contribution >= 0.6 is 0 Å². The summed E-state index contributed by atoms with van der Waals surface area (Å²) in [6.45, 7) is 3.95. The zero-order chi connectivity index (χ0) is 17.6. The minimum Gasteiger partial charge on any atom is -0.372 e. The normalized spacial score (nSPS) is 14.7. The lowest BCUT2D eigenvalue weighted by atomic mass is 9.93. The van der Waals surface area contributed by atoms with Crippen molar-refractivity contribution in [2.24, 2.45) is 0 Å². The van der Waals surface area contributed by atoms with Crippen LogP contribution in [-0.4, -0.2) is 19.6 Å². The first-order valence-electron chi connectivity index (χ1n) is 8.14. The van der Waals surface area contributed by atoms with Crippen LogP contribution in [-0.2, 0) is 15.1 Å². The first kappa shape index (κ1) is 18.1. The fourth-order valence-corrected chi connectivity index (χ4v) is 2.80. The van der Waals surface area contributed by atoms with Gasteiger partial charge in [0.25, 0.3) is 0 Å². The maximum atomic E-state index is 14.1. The van der Waals surface area contributed by atoms with Crippen LogP contribution in [0.5, 0.6) is 0 Å². The Morgan fingerprint density at radius 1 is 1.17 bits per heavy atom. The van der Waals surface area contributed by atoms with Gasteiger partial charge in [-0.15, -0.1) is 0 Å². The van der Waals surface area contributed by atoms with Gasteiger partial charge in [-0.25, -0.2) is 4.39 Å². The van der Waals surface area contributed by atoms with Gasteiger partial charge >= 0.3 is 0 Å². The first-order valence-corrected chi connectivity index (χ1v) is 8.14. The summed E-state index contributed by atoms with van der Waals surface area (Å²) >= 11 is 0. The Balaban J connectivity index is 2.12. The molecule has 0 bridgehead atoms.